The molecule has 29 heavy (non-hydrogen) atoms. The number of aliphatic hydroxyl groups is 2. The van der Waals surface area contributed by atoms with Crippen LogP contribution in [0.5, 0.6) is 0 Å². The number of hydrogen-bond donors (Lipinski definition) is 3. The standard InChI is InChI=1S/C20H27FN4O4/c1-11-17-15(19(28)25(22)20(29)24(17)14-2-3-14)8-16(21)18(11)23-9-12(4-6-26)13(10-23)5-7-27/h8,12-14,26-27H,2-7,9-10,22H2,1H3/t12-,13+. The Labute approximate surface area is 166 Å². The van der Waals surface area contributed by atoms with Crippen molar-refractivity contribution in [2.75, 3.05) is 37.0 Å². The van der Waals surface area contributed by atoms with Crippen molar-refractivity contribution in [2.45, 2.75) is 38.6 Å². The Morgan fingerprint density at radius 1 is 1.14 bits per heavy atom. The molecular formula is C20H27FN4O4. The SMILES string of the molecule is Cc1c(N2C[C@@H](CCO)[C@@H](CCO)C2)c(F)cc2c(=O)n(N)c(=O)n(C3CC3)c12. The van der Waals surface area contributed by atoms with Gasteiger partial charge < -0.3 is 21.0 Å². The summed E-state index contributed by atoms with van der Waals surface area (Å²) in [5.74, 6) is 5.43. The molecule has 2 heterocycles. The number of benzene rings is 1. The number of fused-ring (bicyclic) bond motifs is 1. The largest absolute Gasteiger partial charge is 0.396 e. The Morgan fingerprint density at radius 2 is 1.72 bits per heavy atom. The molecule has 2 aliphatic rings. The molecule has 2 fully saturated rings. The smallest absolute Gasteiger partial charge is 0.350 e. The molecule has 0 unspecified atom stereocenters. The first-order valence-corrected chi connectivity index (χ1v) is 10.1. The molecule has 158 valence electrons. The van der Waals surface area contributed by atoms with Gasteiger partial charge in [0.1, 0.15) is 5.82 Å². The summed E-state index contributed by atoms with van der Waals surface area (Å²) in [7, 11) is 0. The number of aryl methyl sites for hydroxylation is 1. The Bertz CT molecular complexity index is 1050. The van der Waals surface area contributed by atoms with Crippen molar-refractivity contribution in [3.63, 3.8) is 0 Å². The predicted octanol–water partition coefficient (Wildman–Crippen LogP) is 0.477. The van der Waals surface area contributed by atoms with Gasteiger partial charge in [-0.1, -0.05) is 0 Å². The van der Waals surface area contributed by atoms with Crippen LogP contribution in [0.3, 0.4) is 0 Å². The molecule has 4 rings (SSSR count). The molecule has 1 aromatic heterocycles. The number of rotatable bonds is 6. The molecule has 2 aromatic rings. The molecule has 1 saturated heterocycles. The van der Waals surface area contributed by atoms with Gasteiger partial charge in [-0.2, -0.15) is 4.68 Å². The third-order valence-corrected chi connectivity index (χ3v) is 6.37. The topological polar surface area (TPSA) is 114 Å². The van der Waals surface area contributed by atoms with Crippen LogP contribution in [-0.4, -0.2) is 45.8 Å². The number of nitrogens with zero attached hydrogens (tertiary/aromatic N) is 3. The summed E-state index contributed by atoms with van der Waals surface area (Å²) < 4.78 is 17.3. The highest BCUT2D eigenvalue weighted by Crippen LogP contribution is 2.40. The van der Waals surface area contributed by atoms with E-state index in [-0.39, 0.29) is 36.5 Å². The van der Waals surface area contributed by atoms with Gasteiger partial charge in [0.05, 0.1) is 16.6 Å². The first kappa shape index (κ1) is 19.9. The van der Waals surface area contributed by atoms with Gasteiger partial charge in [-0.3, -0.25) is 9.36 Å². The van der Waals surface area contributed by atoms with Gasteiger partial charge >= 0.3 is 5.69 Å². The Hall–Kier alpha value is -2.39. The second-order valence-corrected chi connectivity index (χ2v) is 8.24. The molecule has 0 amide bonds. The summed E-state index contributed by atoms with van der Waals surface area (Å²) >= 11 is 0. The van der Waals surface area contributed by atoms with Crippen LogP contribution in [-0.2, 0) is 0 Å². The van der Waals surface area contributed by atoms with E-state index in [1.54, 1.807) is 6.92 Å². The number of aliphatic hydroxyl groups excluding tert-OH is 2. The van der Waals surface area contributed by atoms with E-state index < -0.39 is 17.1 Å². The third-order valence-electron chi connectivity index (χ3n) is 6.37. The molecule has 0 bridgehead atoms. The zero-order valence-electron chi connectivity index (χ0n) is 16.5. The van der Waals surface area contributed by atoms with E-state index in [2.05, 4.69) is 0 Å². The normalized spacial score (nSPS) is 22.0. The van der Waals surface area contributed by atoms with Crippen LogP contribution in [0.1, 0.15) is 37.3 Å². The highest BCUT2D eigenvalue weighted by Gasteiger charge is 2.35. The molecule has 8 nitrogen and oxygen atoms in total. The zero-order valence-corrected chi connectivity index (χ0v) is 16.5. The van der Waals surface area contributed by atoms with E-state index in [9.17, 15) is 19.8 Å². The number of hydrogen-bond acceptors (Lipinski definition) is 6. The molecule has 0 spiro atoms. The molecule has 1 aromatic carbocycles. The lowest BCUT2D eigenvalue weighted by Crippen LogP contribution is -2.44. The minimum Gasteiger partial charge on any atom is -0.396 e. The third kappa shape index (κ3) is 3.22. The van der Waals surface area contributed by atoms with Crippen LogP contribution in [0.2, 0.25) is 0 Å². The maximum Gasteiger partial charge on any atom is 0.350 e. The average molecular weight is 406 g/mol. The summed E-state index contributed by atoms with van der Waals surface area (Å²) in [6, 6.07) is 1.16. The van der Waals surface area contributed by atoms with E-state index in [0.29, 0.717) is 47.4 Å². The van der Waals surface area contributed by atoms with Crippen LogP contribution >= 0.6 is 0 Å². The van der Waals surface area contributed by atoms with Crippen LogP contribution in [0.4, 0.5) is 10.1 Å². The van der Waals surface area contributed by atoms with Crippen molar-refractivity contribution in [1.82, 2.24) is 9.24 Å². The van der Waals surface area contributed by atoms with Crippen molar-refractivity contribution in [3.05, 3.63) is 38.3 Å². The van der Waals surface area contributed by atoms with Crippen LogP contribution in [0, 0.1) is 24.6 Å². The zero-order chi connectivity index (χ0) is 20.9. The lowest BCUT2D eigenvalue weighted by atomic mass is 9.91. The average Bonchev–Trinajstić information content (AvgIpc) is 3.44. The van der Waals surface area contributed by atoms with Crippen molar-refractivity contribution in [1.29, 1.82) is 0 Å². The van der Waals surface area contributed by atoms with Gasteiger partial charge in [0.2, 0.25) is 0 Å². The minimum absolute atomic E-state index is 0.0275. The number of nitrogens with two attached hydrogens (primary N) is 1. The van der Waals surface area contributed by atoms with E-state index in [1.807, 2.05) is 4.90 Å². The van der Waals surface area contributed by atoms with Gasteiger partial charge in [-0.15, -0.1) is 0 Å². The fraction of sp³-hybridized carbons (Fsp3) is 0.600. The van der Waals surface area contributed by atoms with Crippen LogP contribution in [0.25, 0.3) is 10.9 Å². The monoisotopic (exact) mass is 406 g/mol. The molecule has 2 atom stereocenters. The van der Waals surface area contributed by atoms with Crippen molar-refractivity contribution in [2.24, 2.45) is 11.8 Å². The minimum atomic E-state index is -0.701. The van der Waals surface area contributed by atoms with E-state index >= 15 is 4.39 Å². The summed E-state index contributed by atoms with van der Waals surface area (Å²) in [4.78, 5) is 27.1. The van der Waals surface area contributed by atoms with E-state index in [4.69, 9.17) is 5.84 Å². The first-order chi connectivity index (χ1) is 13.9. The fourth-order valence-corrected chi connectivity index (χ4v) is 4.83. The second kappa shape index (κ2) is 7.46. The first-order valence-electron chi connectivity index (χ1n) is 10.1. The molecule has 9 heteroatoms. The van der Waals surface area contributed by atoms with E-state index in [0.717, 1.165) is 12.8 Å². The van der Waals surface area contributed by atoms with Crippen molar-refractivity contribution < 1.29 is 14.6 Å². The van der Waals surface area contributed by atoms with Gasteiger partial charge in [-0.25, -0.2) is 9.18 Å². The fourth-order valence-electron chi connectivity index (χ4n) is 4.83. The number of halogens is 1. The summed E-state index contributed by atoms with van der Waals surface area (Å²) in [6.07, 6.45) is 2.81. The highest BCUT2D eigenvalue weighted by molar-refractivity contribution is 5.87. The van der Waals surface area contributed by atoms with E-state index in [1.165, 1.54) is 10.6 Å². The summed E-state index contributed by atoms with van der Waals surface area (Å²) in [5, 5.41) is 18.8. The van der Waals surface area contributed by atoms with Gasteiger partial charge in [0.15, 0.2) is 0 Å². The van der Waals surface area contributed by atoms with Crippen LogP contribution < -0.4 is 22.0 Å². The maximum atomic E-state index is 15.2. The number of anilines is 1. The quantitative estimate of drug-likeness (QED) is 0.601. The molecular weight excluding hydrogens is 379 g/mol. The summed E-state index contributed by atoms with van der Waals surface area (Å²) in [5.41, 5.74) is 0.0967. The Morgan fingerprint density at radius 3 is 2.24 bits per heavy atom. The Kier molecular flexibility index (Phi) is 5.12. The number of nitrogen functional groups attached to an aromatic ring is 1. The van der Waals surface area contributed by atoms with Crippen LogP contribution in [0.15, 0.2) is 15.7 Å². The number of aromatic nitrogens is 2. The van der Waals surface area contributed by atoms with Crippen molar-refractivity contribution in [3.8, 4) is 0 Å². The molecule has 1 aliphatic heterocycles. The summed E-state index contributed by atoms with van der Waals surface area (Å²) in [6.45, 7) is 2.92. The molecule has 1 saturated carbocycles. The Balaban J connectivity index is 1.88. The molecule has 1 aliphatic carbocycles. The lowest BCUT2D eigenvalue weighted by Gasteiger charge is -2.24. The molecule has 4 N–H and O–H groups in total. The second-order valence-electron chi connectivity index (χ2n) is 8.24. The maximum absolute atomic E-state index is 15.2. The van der Waals surface area contributed by atoms with Gasteiger partial charge in [0.25, 0.3) is 5.56 Å². The van der Waals surface area contributed by atoms with Gasteiger partial charge in [0, 0.05) is 37.9 Å². The van der Waals surface area contributed by atoms with Gasteiger partial charge in [-0.05, 0) is 50.5 Å². The highest BCUT2D eigenvalue weighted by atomic mass is 19.1. The molecule has 0 radical (unpaired) electrons. The predicted molar refractivity (Wildman–Crippen MR) is 108 cm³/mol. The lowest BCUT2D eigenvalue weighted by molar-refractivity contribution is 0.210. The van der Waals surface area contributed by atoms with Crippen molar-refractivity contribution >= 4 is 16.6 Å².